The number of anilines is 1. The van der Waals surface area contributed by atoms with Crippen molar-refractivity contribution in [3.63, 3.8) is 0 Å². The number of aromatic nitrogens is 1. The molecule has 21 heavy (non-hydrogen) atoms. The van der Waals surface area contributed by atoms with Gasteiger partial charge in [-0.05, 0) is 42.7 Å². The van der Waals surface area contributed by atoms with Crippen LogP contribution in [-0.2, 0) is 5.41 Å². The van der Waals surface area contributed by atoms with Gasteiger partial charge in [-0.1, -0.05) is 34.1 Å². The second-order valence-electron chi connectivity index (χ2n) is 5.33. The molecule has 0 saturated heterocycles. The molecule has 0 spiro atoms. The molecule has 0 aliphatic heterocycles. The molecule has 0 amide bonds. The van der Waals surface area contributed by atoms with E-state index in [1.807, 2.05) is 24.3 Å². The number of rotatable bonds is 4. The van der Waals surface area contributed by atoms with Gasteiger partial charge in [0.1, 0.15) is 5.82 Å². The molecule has 3 N–H and O–H groups in total. The highest BCUT2D eigenvalue weighted by molar-refractivity contribution is 9.10. The van der Waals surface area contributed by atoms with E-state index in [1.165, 1.54) is 5.56 Å². The van der Waals surface area contributed by atoms with Gasteiger partial charge < -0.3 is 11.1 Å². The number of hydrogen-bond donors (Lipinski definition) is 2. The van der Waals surface area contributed by atoms with E-state index < -0.39 is 0 Å². The molecule has 1 aliphatic carbocycles. The highest BCUT2D eigenvalue weighted by Gasteiger charge is 2.44. The summed E-state index contributed by atoms with van der Waals surface area (Å²) in [6, 6.07) is 14.1. The first kappa shape index (κ1) is 14.1. The molecular formula is C16H17BrN4. The van der Waals surface area contributed by atoms with Crippen LogP contribution >= 0.6 is 15.9 Å². The summed E-state index contributed by atoms with van der Waals surface area (Å²) in [4.78, 5) is 8.66. The number of aliphatic imine (C=N–C) groups is 1. The predicted octanol–water partition coefficient (Wildman–Crippen LogP) is 3.30. The molecule has 0 radical (unpaired) electrons. The molecule has 1 aromatic heterocycles. The van der Waals surface area contributed by atoms with Gasteiger partial charge >= 0.3 is 0 Å². The third-order valence-corrected chi connectivity index (χ3v) is 4.26. The Labute approximate surface area is 132 Å². The molecule has 3 rings (SSSR count). The third kappa shape index (κ3) is 3.42. The van der Waals surface area contributed by atoms with E-state index >= 15 is 0 Å². The second kappa shape index (κ2) is 5.85. The fourth-order valence-electron chi connectivity index (χ4n) is 2.35. The van der Waals surface area contributed by atoms with Crippen molar-refractivity contribution in [3.8, 4) is 0 Å². The summed E-state index contributed by atoms with van der Waals surface area (Å²) in [7, 11) is 0. The summed E-state index contributed by atoms with van der Waals surface area (Å²) >= 11 is 3.53. The number of guanidine groups is 1. The maximum absolute atomic E-state index is 5.94. The minimum absolute atomic E-state index is 0.153. The van der Waals surface area contributed by atoms with Crippen LogP contribution in [0.3, 0.4) is 0 Å². The Hall–Kier alpha value is -1.88. The van der Waals surface area contributed by atoms with Gasteiger partial charge in [0, 0.05) is 16.1 Å². The van der Waals surface area contributed by atoms with Crippen molar-refractivity contribution in [2.45, 2.75) is 18.3 Å². The number of nitrogens with two attached hydrogens (primary N) is 1. The Kier molecular flexibility index (Phi) is 3.92. The Balaban J connectivity index is 1.68. The molecular weight excluding hydrogens is 328 g/mol. The summed E-state index contributed by atoms with van der Waals surface area (Å²) in [5.74, 6) is 1.13. The van der Waals surface area contributed by atoms with Gasteiger partial charge in [-0.2, -0.15) is 0 Å². The summed E-state index contributed by atoms with van der Waals surface area (Å²) in [5, 5.41) is 3.01. The van der Waals surface area contributed by atoms with Gasteiger partial charge in [0.25, 0.3) is 0 Å². The highest BCUT2D eigenvalue weighted by atomic mass is 79.9. The first-order chi connectivity index (χ1) is 10.2. The van der Waals surface area contributed by atoms with E-state index in [4.69, 9.17) is 5.73 Å². The van der Waals surface area contributed by atoms with Crippen LogP contribution in [0.1, 0.15) is 18.4 Å². The van der Waals surface area contributed by atoms with Crippen molar-refractivity contribution in [1.82, 2.24) is 4.98 Å². The fourth-order valence-corrected chi connectivity index (χ4v) is 2.75. The van der Waals surface area contributed by atoms with Crippen LogP contribution in [0.2, 0.25) is 0 Å². The Bertz CT molecular complexity index is 650. The van der Waals surface area contributed by atoms with Crippen LogP contribution in [-0.4, -0.2) is 17.5 Å². The SMILES string of the molecule is NC(=NCC1(c2cccc(Br)c2)CC1)Nc1ccccn1. The van der Waals surface area contributed by atoms with Crippen LogP contribution in [0.5, 0.6) is 0 Å². The largest absolute Gasteiger partial charge is 0.370 e. The lowest BCUT2D eigenvalue weighted by atomic mass is 9.96. The summed E-state index contributed by atoms with van der Waals surface area (Å²) in [6.07, 6.45) is 4.03. The molecule has 0 unspecified atom stereocenters. The molecule has 1 aromatic carbocycles. The van der Waals surface area contributed by atoms with Crippen LogP contribution < -0.4 is 11.1 Å². The maximum Gasteiger partial charge on any atom is 0.194 e. The van der Waals surface area contributed by atoms with Gasteiger partial charge in [0.05, 0.1) is 6.54 Å². The normalized spacial score (nSPS) is 16.5. The number of halogens is 1. The van der Waals surface area contributed by atoms with Crippen molar-refractivity contribution in [2.24, 2.45) is 10.7 Å². The summed E-state index contributed by atoms with van der Waals surface area (Å²) in [5.41, 5.74) is 7.42. The molecule has 0 bridgehead atoms. The maximum atomic E-state index is 5.94. The van der Waals surface area contributed by atoms with E-state index in [2.05, 4.69) is 49.4 Å². The number of benzene rings is 1. The summed E-state index contributed by atoms with van der Waals surface area (Å²) < 4.78 is 1.11. The van der Waals surface area contributed by atoms with Crippen molar-refractivity contribution in [1.29, 1.82) is 0 Å². The third-order valence-electron chi connectivity index (χ3n) is 3.76. The van der Waals surface area contributed by atoms with Crippen LogP contribution in [0.25, 0.3) is 0 Å². The average molecular weight is 345 g/mol. The van der Waals surface area contributed by atoms with Gasteiger partial charge in [-0.3, -0.25) is 4.99 Å². The van der Waals surface area contributed by atoms with E-state index in [1.54, 1.807) is 6.20 Å². The Morgan fingerprint density at radius 1 is 1.29 bits per heavy atom. The molecule has 4 nitrogen and oxygen atoms in total. The molecule has 1 fully saturated rings. The Morgan fingerprint density at radius 3 is 2.81 bits per heavy atom. The molecule has 2 aromatic rings. The first-order valence-electron chi connectivity index (χ1n) is 6.92. The second-order valence-corrected chi connectivity index (χ2v) is 6.25. The number of pyridine rings is 1. The van der Waals surface area contributed by atoms with Gasteiger partial charge in [0.2, 0.25) is 0 Å². The quantitative estimate of drug-likeness (QED) is 0.660. The first-order valence-corrected chi connectivity index (χ1v) is 7.71. The minimum atomic E-state index is 0.153. The zero-order chi connectivity index (χ0) is 14.7. The molecule has 1 aliphatic rings. The van der Waals surface area contributed by atoms with Gasteiger partial charge in [-0.25, -0.2) is 4.98 Å². The fraction of sp³-hybridized carbons (Fsp3) is 0.250. The van der Waals surface area contributed by atoms with Crippen LogP contribution in [0.15, 0.2) is 58.1 Å². The van der Waals surface area contributed by atoms with Crippen LogP contribution in [0, 0.1) is 0 Å². The zero-order valence-electron chi connectivity index (χ0n) is 11.6. The standard InChI is InChI=1S/C16H17BrN4/c17-13-5-3-4-12(10-13)16(7-8-16)11-20-15(18)21-14-6-1-2-9-19-14/h1-6,9-10H,7-8,11H2,(H3,18,19,20,21). The molecule has 0 atom stereocenters. The lowest BCUT2D eigenvalue weighted by molar-refractivity contribution is 0.705. The lowest BCUT2D eigenvalue weighted by Gasteiger charge is -2.14. The number of nitrogens with one attached hydrogen (secondary N) is 1. The van der Waals surface area contributed by atoms with Crippen molar-refractivity contribution in [3.05, 3.63) is 58.7 Å². The smallest absolute Gasteiger partial charge is 0.194 e. The summed E-state index contributed by atoms with van der Waals surface area (Å²) in [6.45, 7) is 0.703. The van der Waals surface area contributed by atoms with E-state index in [0.717, 1.165) is 17.3 Å². The van der Waals surface area contributed by atoms with E-state index in [9.17, 15) is 0 Å². The van der Waals surface area contributed by atoms with Crippen molar-refractivity contribution < 1.29 is 0 Å². The van der Waals surface area contributed by atoms with E-state index in [0.29, 0.717) is 18.3 Å². The molecule has 1 heterocycles. The van der Waals surface area contributed by atoms with Crippen molar-refractivity contribution >= 4 is 27.7 Å². The van der Waals surface area contributed by atoms with Gasteiger partial charge in [-0.15, -0.1) is 0 Å². The topological polar surface area (TPSA) is 63.3 Å². The molecule has 1 saturated carbocycles. The average Bonchev–Trinajstić information content (AvgIpc) is 3.28. The Morgan fingerprint density at radius 2 is 2.14 bits per heavy atom. The number of nitrogens with zero attached hydrogens (tertiary/aromatic N) is 2. The molecule has 108 valence electrons. The van der Waals surface area contributed by atoms with E-state index in [-0.39, 0.29) is 5.41 Å². The predicted molar refractivity (Wildman–Crippen MR) is 89.4 cm³/mol. The minimum Gasteiger partial charge on any atom is -0.370 e. The molecule has 5 heteroatoms. The monoisotopic (exact) mass is 344 g/mol. The van der Waals surface area contributed by atoms with Gasteiger partial charge in [0.15, 0.2) is 5.96 Å². The lowest BCUT2D eigenvalue weighted by Crippen LogP contribution is -2.25. The zero-order valence-corrected chi connectivity index (χ0v) is 13.2. The van der Waals surface area contributed by atoms with Crippen molar-refractivity contribution in [2.75, 3.05) is 11.9 Å². The van der Waals surface area contributed by atoms with Crippen LogP contribution in [0.4, 0.5) is 5.82 Å². The highest BCUT2D eigenvalue weighted by Crippen LogP contribution is 2.48. The number of hydrogen-bond acceptors (Lipinski definition) is 2.